The third-order valence-corrected chi connectivity index (χ3v) is 18.1. The van der Waals surface area contributed by atoms with Crippen molar-refractivity contribution in [3.8, 4) is 0 Å². The van der Waals surface area contributed by atoms with Gasteiger partial charge in [0.15, 0.2) is 0 Å². The van der Waals surface area contributed by atoms with Gasteiger partial charge in [-0.1, -0.05) is 76.2 Å². The van der Waals surface area contributed by atoms with Crippen LogP contribution in [0.3, 0.4) is 0 Å². The van der Waals surface area contributed by atoms with E-state index in [1.807, 2.05) is 28.0 Å². The van der Waals surface area contributed by atoms with Crippen molar-refractivity contribution in [2.45, 2.75) is 115 Å². The summed E-state index contributed by atoms with van der Waals surface area (Å²) in [6.45, 7) is 24.4. The Kier molecular flexibility index (Phi) is 19.2. The second kappa shape index (κ2) is 26.7. The molecule has 2 aromatic heterocycles. The fourth-order valence-electron chi connectivity index (χ4n) is 13.5. The van der Waals surface area contributed by atoms with Crippen LogP contribution in [0.15, 0.2) is 94.5 Å². The predicted octanol–water partition coefficient (Wildman–Crippen LogP) is 4.93. The molecule has 4 fully saturated rings. The van der Waals surface area contributed by atoms with Gasteiger partial charge in [0, 0.05) is 149 Å². The van der Waals surface area contributed by atoms with E-state index in [2.05, 4.69) is 99.9 Å². The minimum absolute atomic E-state index is 0.00182. The molecule has 462 valence electrons. The highest BCUT2D eigenvalue weighted by Crippen LogP contribution is 2.41. The molecule has 0 bridgehead atoms. The number of amides is 2. The maximum Gasteiger partial charge on any atom is 0.251 e. The number of nitrogens with one attached hydrogen (secondary N) is 4. The molecule has 0 saturated carbocycles. The maximum atomic E-state index is 14.4. The molecular weight excluding hydrogens is 1100 g/mol. The molecule has 0 aliphatic carbocycles. The van der Waals surface area contributed by atoms with Crippen LogP contribution in [0.25, 0.3) is 0 Å². The van der Waals surface area contributed by atoms with Crippen molar-refractivity contribution in [3.63, 3.8) is 0 Å². The summed E-state index contributed by atoms with van der Waals surface area (Å²) in [7, 11) is 0. The topological polar surface area (TPSA) is 180 Å². The molecule has 20 heteroatoms. The number of nitrogens with zero attached hydrogens (tertiary/aromatic N) is 6. The van der Waals surface area contributed by atoms with E-state index in [0.29, 0.717) is 76.7 Å². The highest BCUT2D eigenvalue weighted by atomic mass is 19.1. The first-order valence-corrected chi connectivity index (χ1v) is 30.8. The molecule has 3 aromatic carbocycles. The van der Waals surface area contributed by atoms with Crippen LogP contribution in [0.4, 0.5) is 20.2 Å². The molecule has 2 amide bonds. The normalized spacial score (nSPS) is 24.5. The first kappa shape index (κ1) is 61.6. The van der Waals surface area contributed by atoms with Crippen LogP contribution < -0.4 is 31.6 Å². The van der Waals surface area contributed by atoms with Crippen molar-refractivity contribution < 1.29 is 37.3 Å². The first-order chi connectivity index (χ1) is 41.3. The van der Waals surface area contributed by atoms with Crippen LogP contribution in [0.5, 0.6) is 0 Å². The standard InChI is InChI=1S/C66H86F2N10O8/c1-43-29-75(35-59(79)77-41-65(3,4)61-57(77)25-49(63(81)71-61)23-45-10-14-51(67)15-11-45)53(27-69-43)31-73-18-20-85-55(33-73)39-83-37-47-8-7-9-48(22-47)38-84-40-56-34-74(19-21-86-56)32-54-28-70-44(2)30-76(54)36-60(80)78-42-66(5,6)62-58(78)26-50(64(82)72-62)24-46-12-16-52(68)17-13-46/h7-17,22,25-26,43-44,53-56,69-70H,18-21,23-24,27-42H2,1-6H3,(H,71,81)(H,72,82)/t43-,44-,53-,54-,55+,56+/m1/s1. The Morgan fingerprint density at radius 1 is 0.581 bits per heavy atom. The number of halogens is 2. The number of hydrogen-bond acceptors (Lipinski definition) is 14. The van der Waals surface area contributed by atoms with Gasteiger partial charge in [0.25, 0.3) is 11.1 Å². The number of anilines is 2. The van der Waals surface area contributed by atoms with Gasteiger partial charge in [0.05, 0.1) is 76.3 Å². The van der Waals surface area contributed by atoms with Crippen LogP contribution in [0.2, 0.25) is 0 Å². The van der Waals surface area contributed by atoms with Crippen molar-refractivity contribution in [1.29, 1.82) is 0 Å². The molecule has 11 rings (SSSR count). The number of fused-ring (bicyclic) bond motifs is 2. The van der Waals surface area contributed by atoms with Crippen LogP contribution in [0, 0.1) is 11.6 Å². The van der Waals surface area contributed by atoms with Gasteiger partial charge in [0.1, 0.15) is 11.6 Å². The van der Waals surface area contributed by atoms with E-state index >= 15 is 0 Å². The van der Waals surface area contributed by atoms with E-state index in [-0.39, 0.29) is 84.0 Å². The first-order valence-electron chi connectivity index (χ1n) is 30.8. The summed E-state index contributed by atoms with van der Waals surface area (Å²) in [5.41, 5.74) is 6.57. The van der Waals surface area contributed by atoms with Crippen molar-refractivity contribution in [1.82, 2.24) is 40.2 Å². The smallest absolute Gasteiger partial charge is 0.251 e. The van der Waals surface area contributed by atoms with Crippen molar-refractivity contribution in [3.05, 3.63) is 162 Å². The number of piperazine rings is 2. The summed E-state index contributed by atoms with van der Waals surface area (Å²) >= 11 is 0. The zero-order valence-corrected chi connectivity index (χ0v) is 50.8. The number of ether oxygens (including phenoxy) is 4. The van der Waals surface area contributed by atoms with Gasteiger partial charge in [-0.3, -0.25) is 38.8 Å². The number of carbonyl (C=O) groups is 2. The number of carbonyl (C=O) groups excluding carboxylic acids is 2. The van der Waals surface area contributed by atoms with Gasteiger partial charge < -0.3 is 49.3 Å². The molecule has 6 aliphatic heterocycles. The fourth-order valence-corrected chi connectivity index (χ4v) is 13.5. The average molecular weight is 1190 g/mol. The number of hydrogen-bond donors (Lipinski definition) is 4. The fraction of sp³-hybridized carbons (Fsp3) is 0.545. The zero-order chi connectivity index (χ0) is 60.3. The van der Waals surface area contributed by atoms with E-state index in [4.69, 9.17) is 18.9 Å². The third kappa shape index (κ3) is 14.9. The van der Waals surface area contributed by atoms with E-state index < -0.39 is 10.8 Å². The van der Waals surface area contributed by atoms with Gasteiger partial charge >= 0.3 is 0 Å². The van der Waals surface area contributed by atoms with Crippen molar-refractivity contribution >= 4 is 23.2 Å². The Labute approximate surface area is 503 Å². The maximum absolute atomic E-state index is 14.4. The zero-order valence-electron chi connectivity index (χ0n) is 50.8. The summed E-state index contributed by atoms with van der Waals surface area (Å²) in [4.78, 5) is 74.7. The van der Waals surface area contributed by atoms with Crippen LogP contribution in [0.1, 0.15) is 86.3 Å². The highest BCUT2D eigenvalue weighted by Gasteiger charge is 2.43. The molecule has 6 atom stereocenters. The molecule has 4 saturated heterocycles. The SMILES string of the molecule is C[C@@H]1CN(CC(=O)N2CC(C)(C)c3[nH]c(=O)c(Cc4ccc(F)cc4)cc32)[C@@H](CN2CCO[C@H](COCc3cccc(COC[C@@H]4CN(C[C@H]5CN[C@H](C)CN5CC(=O)N5CC(C)(C)c6[nH]c(=O)c(Cc7ccc(F)cc7)cc65)CCO4)c3)C2)CN1. The van der Waals surface area contributed by atoms with Crippen molar-refractivity contribution in [2.24, 2.45) is 0 Å². The lowest BCUT2D eigenvalue weighted by Crippen LogP contribution is -2.61. The molecule has 4 N–H and O–H groups in total. The van der Waals surface area contributed by atoms with E-state index in [9.17, 15) is 28.0 Å². The molecule has 5 aromatic rings. The Hall–Kier alpha value is -6.04. The number of rotatable bonds is 20. The van der Waals surface area contributed by atoms with Crippen LogP contribution in [-0.4, -0.2) is 196 Å². The molecule has 86 heavy (non-hydrogen) atoms. The highest BCUT2D eigenvalue weighted by molar-refractivity contribution is 5.98. The molecule has 0 radical (unpaired) electrons. The largest absolute Gasteiger partial charge is 0.374 e. The number of morpholine rings is 2. The van der Waals surface area contributed by atoms with E-state index in [1.54, 1.807) is 24.3 Å². The Morgan fingerprint density at radius 3 is 1.42 bits per heavy atom. The summed E-state index contributed by atoms with van der Waals surface area (Å²) in [6, 6.07) is 25.0. The minimum atomic E-state index is -0.435. The summed E-state index contributed by atoms with van der Waals surface area (Å²) in [5, 5.41) is 7.29. The summed E-state index contributed by atoms with van der Waals surface area (Å²) in [5.74, 6) is -0.662. The van der Waals surface area contributed by atoms with E-state index in [0.717, 1.165) is 110 Å². The van der Waals surface area contributed by atoms with Crippen LogP contribution >= 0.6 is 0 Å². The molecule has 6 aliphatic rings. The third-order valence-electron chi connectivity index (χ3n) is 18.1. The lowest BCUT2D eigenvalue weighted by Gasteiger charge is -2.43. The number of H-pyrrole nitrogens is 2. The minimum Gasteiger partial charge on any atom is -0.374 e. The van der Waals surface area contributed by atoms with Crippen molar-refractivity contribution in [2.75, 3.05) is 128 Å². The summed E-state index contributed by atoms with van der Waals surface area (Å²) < 4.78 is 52.4. The van der Waals surface area contributed by atoms with E-state index in [1.165, 1.54) is 24.3 Å². The molecule has 0 unspecified atom stereocenters. The number of aromatic nitrogens is 2. The average Bonchev–Trinajstić information content (AvgIpc) is 1.69. The quantitative estimate of drug-likeness (QED) is 0.0825. The molecule has 18 nitrogen and oxygen atoms in total. The number of aromatic amines is 2. The molecule has 0 spiro atoms. The Balaban J connectivity index is 0.624. The lowest BCUT2D eigenvalue weighted by atomic mass is 9.91. The van der Waals surface area contributed by atoms with Gasteiger partial charge in [-0.15, -0.1) is 0 Å². The number of pyridine rings is 2. The van der Waals surface area contributed by atoms with Gasteiger partial charge in [-0.05, 0) is 72.5 Å². The summed E-state index contributed by atoms with van der Waals surface area (Å²) in [6.07, 6.45) is 0.471. The second-order valence-corrected chi connectivity index (χ2v) is 26.2. The monoisotopic (exact) mass is 1180 g/mol. The Bertz CT molecular complexity index is 3090. The molecular formula is C66H86F2N10O8. The van der Waals surface area contributed by atoms with Gasteiger partial charge in [-0.2, -0.15) is 0 Å². The second-order valence-electron chi connectivity index (χ2n) is 26.2. The molecule has 8 heterocycles. The number of benzene rings is 3. The lowest BCUT2D eigenvalue weighted by molar-refractivity contribution is -0.122. The predicted molar refractivity (Wildman–Crippen MR) is 327 cm³/mol. The van der Waals surface area contributed by atoms with Gasteiger partial charge in [-0.25, -0.2) is 8.78 Å². The van der Waals surface area contributed by atoms with Gasteiger partial charge in [0.2, 0.25) is 11.8 Å². The van der Waals surface area contributed by atoms with Crippen LogP contribution in [-0.2, 0) is 65.4 Å². The Morgan fingerprint density at radius 2 is 1.00 bits per heavy atom.